The van der Waals surface area contributed by atoms with Crippen LogP contribution in [0.5, 0.6) is 0 Å². The Hall–Kier alpha value is -2.04. The van der Waals surface area contributed by atoms with E-state index in [1.54, 1.807) is 23.1 Å². The summed E-state index contributed by atoms with van der Waals surface area (Å²) in [5.41, 5.74) is 1.66. The molecule has 2 aromatic carbocycles. The maximum absolute atomic E-state index is 13.1. The summed E-state index contributed by atoms with van der Waals surface area (Å²) in [6.07, 6.45) is 0.636. The summed E-state index contributed by atoms with van der Waals surface area (Å²) in [6, 6.07) is 14.2. The Balaban J connectivity index is 2.28. The minimum Gasteiger partial charge on any atom is -0.355 e. The number of amides is 2. The molecule has 0 spiro atoms. The van der Waals surface area contributed by atoms with Gasteiger partial charge < -0.3 is 10.2 Å². The molecule has 0 heterocycles. The average molecular weight is 407 g/mol. The molecule has 0 aromatic heterocycles. The fourth-order valence-corrected chi connectivity index (χ4v) is 3.40. The van der Waals surface area contributed by atoms with Gasteiger partial charge in [-0.1, -0.05) is 66.5 Å². The molecule has 0 saturated heterocycles. The van der Waals surface area contributed by atoms with Gasteiger partial charge in [0.15, 0.2) is 0 Å². The number of likely N-dealkylation sites (N-methyl/N-ethyl adjacent to an activating group) is 1. The van der Waals surface area contributed by atoms with Crippen molar-refractivity contribution in [2.45, 2.75) is 39.3 Å². The van der Waals surface area contributed by atoms with Crippen molar-refractivity contribution in [3.63, 3.8) is 0 Å². The van der Waals surface area contributed by atoms with Crippen LogP contribution in [-0.2, 0) is 22.6 Å². The number of carbonyl (C=O) groups is 2. The van der Waals surface area contributed by atoms with Gasteiger partial charge in [-0.3, -0.25) is 9.59 Å². The lowest BCUT2D eigenvalue weighted by atomic mass is 10.1. The van der Waals surface area contributed by atoms with E-state index in [4.69, 9.17) is 23.2 Å². The fraction of sp³-hybridized carbons (Fsp3) is 0.333. The van der Waals surface area contributed by atoms with E-state index in [2.05, 4.69) is 5.32 Å². The Morgan fingerprint density at radius 1 is 1.07 bits per heavy atom. The number of hydrogen-bond donors (Lipinski definition) is 1. The van der Waals surface area contributed by atoms with Crippen molar-refractivity contribution >= 4 is 35.0 Å². The van der Waals surface area contributed by atoms with E-state index in [9.17, 15) is 9.59 Å². The number of halogens is 2. The first kappa shape index (κ1) is 21.3. The number of nitrogens with one attached hydrogen (secondary N) is 1. The van der Waals surface area contributed by atoms with Crippen LogP contribution >= 0.6 is 23.2 Å². The van der Waals surface area contributed by atoms with Gasteiger partial charge in [0.2, 0.25) is 11.8 Å². The van der Waals surface area contributed by atoms with Crippen molar-refractivity contribution in [1.29, 1.82) is 0 Å². The highest BCUT2D eigenvalue weighted by molar-refractivity contribution is 6.35. The van der Waals surface area contributed by atoms with Gasteiger partial charge in [0.25, 0.3) is 0 Å². The zero-order valence-electron chi connectivity index (χ0n) is 15.5. The fourth-order valence-electron chi connectivity index (χ4n) is 2.92. The molecule has 0 aliphatic rings. The summed E-state index contributed by atoms with van der Waals surface area (Å²) in [7, 11) is 0. The van der Waals surface area contributed by atoms with Gasteiger partial charge >= 0.3 is 0 Å². The van der Waals surface area contributed by atoms with Gasteiger partial charge in [0.1, 0.15) is 6.04 Å². The minimum absolute atomic E-state index is 0.110. The Morgan fingerprint density at radius 3 is 2.37 bits per heavy atom. The lowest BCUT2D eigenvalue weighted by molar-refractivity contribution is -0.140. The van der Waals surface area contributed by atoms with E-state index in [-0.39, 0.29) is 18.2 Å². The molecule has 2 amide bonds. The molecule has 6 heteroatoms. The Labute approximate surface area is 170 Å². The molecule has 1 N–H and O–H groups in total. The molecule has 4 nitrogen and oxygen atoms in total. The highest BCUT2D eigenvalue weighted by Crippen LogP contribution is 2.23. The van der Waals surface area contributed by atoms with Crippen LogP contribution in [0, 0.1) is 0 Å². The predicted octanol–water partition coefficient (Wildman–Crippen LogP) is 4.48. The second-order valence-electron chi connectivity index (χ2n) is 6.24. The molecule has 27 heavy (non-hydrogen) atoms. The first-order chi connectivity index (χ1) is 13.0. The third-order valence-corrected chi connectivity index (χ3v) is 4.88. The van der Waals surface area contributed by atoms with E-state index in [1.165, 1.54) is 0 Å². The van der Waals surface area contributed by atoms with Gasteiger partial charge in [-0.2, -0.15) is 0 Å². The molecule has 0 unspecified atom stereocenters. The lowest BCUT2D eigenvalue weighted by Crippen LogP contribution is -2.49. The van der Waals surface area contributed by atoms with Crippen LogP contribution in [0.3, 0.4) is 0 Å². The summed E-state index contributed by atoms with van der Waals surface area (Å²) < 4.78 is 0. The van der Waals surface area contributed by atoms with Gasteiger partial charge in [-0.15, -0.1) is 0 Å². The number of hydrogen-bond acceptors (Lipinski definition) is 2. The molecule has 0 fully saturated rings. The lowest BCUT2D eigenvalue weighted by Gasteiger charge is -2.30. The Morgan fingerprint density at radius 2 is 1.78 bits per heavy atom. The minimum atomic E-state index is -0.538. The third-order valence-electron chi connectivity index (χ3n) is 4.29. The van der Waals surface area contributed by atoms with Gasteiger partial charge in [-0.25, -0.2) is 0 Å². The molecular formula is C21H24Cl2N2O2. The van der Waals surface area contributed by atoms with Gasteiger partial charge in [0.05, 0.1) is 6.42 Å². The van der Waals surface area contributed by atoms with Crippen LogP contribution in [0.25, 0.3) is 0 Å². The molecule has 2 aromatic rings. The smallest absolute Gasteiger partial charge is 0.242 e. The Bertz CT molecular complexity index is 781. The third kappa shape index (κ3) is 5.98. The summed E-state index contributed by atoms with van der Waals surface area (Å²) in [6.45, 7) is 4.65. The molecule has 0 aliphatic carbocycles. The summed E-state index contributed by atoms with van der Waals surface area (Å²) in [4.78, 5) is 27.3. The first-order valence-corrected chi connectivity index (χ1v) is 9.76. The monoisotopic (exact) mass is 406 g/mol. The van der Waals surface area contributed by atoms with E-state index < -0.39 is 6.04 Å². The first-order valence-electron chi connectivity index (χ1n) is 9.01. The quantitative estimate of drug-likeness (QED) is 0.702. The maximum Gasteiger partial charge on any atom is 0.242 e. The van der Waals surface area contributed by atoms with Crippen LogP contribution in [0.4, 0.5) is 0 Å². The van der Waals surface area contributed by atoms with Gasteiger partial charge in [-0.05, 0) is 36.6 Å². The number of benzene rings is 2. The average Bonchev–Trinajstić information content (AvgIpc) is 2.65. The second kappa shape index (κ2) is 10.3. The van der Waals surface area contributed by atoms with Crippen LogP contribution in [0.15, 0.2) is 48.5 Å². The molecular weight excluding hydrogens is 383 g/mol. The van der Waals surface area contributed by atoms with Crippen molar-refractivity contribution in [3.05, 3.63) is 69.7 Å². The highest BCUT2D eigenvalue weighted by Gasteiger charge is 2.28. The van der Waals surface area contributed by atoms with Gasteiger partial charge in [0, 0.05) is 23.1 Å². The molecule has 144 valence electrons. The molecule has 0 bridgehead atoms. The maximum atomic E-state index is 13.1. The standard InChI is InChI=1S/C21H24Cl2N2O2/c1-3-19(21(27)24-4-2)25(14-15-8-6-5-7-9-15)20(26)12-16-10-11-17(22)13-18(16)23/h5-11,13,19H,3-4,12,14H2,1-2H3,(H,24,27)/t19-/m0/s1. The zero-order chi connectivity index (χ0) is 19.8. The zero-order valence-corrected chi connectivity index (χ0v) is 17.1. The van der Waals surface area contributed by atoms with E-state index >= 15 is 0 Å². The van der Waals surface area contributed by atoms with E-state index in [0.717, 1.165) is 5.56 Å². The highest BCUT2D eigenvalue weighted by atomic mass is 35.5. The number of nitrogens with zero attached hydrogens (tertiary/aromatic N) is 1. The largest absolute Gasteiger partial charge is 0.355 e. The number of carbonyl (C=O) groups excluding carboxylic acids is 2. The summed E-state index contributed by atoms with van der Waals surface area (Å²) >= 11 is 12.2. The molecule has 1 atom stereocenters. The second-order valence-corrected chi connectivity index (χ2v) is 7.08. The van der Waals surface area contributed by atoms with Crippen molar-refractivity contribution in [3.8, 4) is 0 Å². The Kier molecular flexibility index (Phi) is 8.14. The molecule has 0 saturated carbocycles. The molecule has 0 aliphatic heterocycles. The van der Waals surface area contributed by atoms with Crippen molar-refractivity contribution in [2.75, 3.05) is 6.54 Å². The van der Waals surface area contributed by atoms with Crippen LogP contribution in [-0.4, -0.2) is 29.3 Å². The van der Waals surface area contributed by atoms with Crippen molar-refractivity contribution < 1.29 is 9.59 Å². The molecule has 2 rings (SSSR count). The SMILES string of the molecule is CCNC(=O)[C@H](CC)N(Cc1ccccc1)C(=O)Cc1ccc(Cl)cc1Cl. The van der Waals surface area contributed by atoms with Crippen LogP contribution in [0.1, 0.15) is 31.4 Å². The molecule has 0 radical (unpaired) electrons. The summed E-state index contributed by atoms with van der Waals surface area (Å²) in [5, 5.41) is 3.79. The van der Waals surface area contributed by atoms with Crippen LogP contribution in [0.2, 0.25) is 10.0 Å². The normalized spacial score (nSPS) is 11.7. The van der Waals surface area contributed by atoms with Crippen molar-refractivity contribution in [1.82, 2.24) is 10.2 Å². The van der Waals surface area contributed by atoms with E-state index in [0.29, 0.717) is 35.1 Å². The number of rotatable bonds is 8. The van der Waals surface area contributed by atoms with Crippen molar-refractivity contribution in [2.24, 2.45) is 0 Å². The predicted molar refractivity (Wildman–Crippen MR) is 110 cm³/mol. The van der Waals surface area contributed by atoms with E-state index in [1.807, 2.05) is 44.2 Å². The van der Waals surface area contributed by atoms with Crippen LogP contribution < -0.4 is 5.32 Å². The topological polar surface area (TPSA) is 49.4 Å². The summed E-state index contributed by atoms with van der Waals surface area (Å²) in [5.74, 6) is -0.298.